The van der Waals surface area contributed by atoms with E-state index >= 15 is 0 Å². The highest BCUT2D eigenvalue weighted by molar-refractivity contribution is 5.94. The molecule has 0 aliphatic rings. The number of hydrogen-bond donors (Lipinski definition) is 2. The van der Waals surface area contributed by atoms with Crippen molar-refractivity contribution in [2.75, 3.05) is 6.54 Å². The van der Waals surface area contributed by atoms with Crippen molar-refractivity contribution in [2.24, 2.45) is 0 Å². The van der Waals surface area contributed by atoms with Gasteiger partial charge >= 0.3 is 0 Å². The third-order valence-electron chi connectivity index (χ3n) is 4.55. The molecule has 0 aliphatic heterocycles. The minimum Gasteiger partial charge on any atom is -0.469 e. The van der Waals surface area contributed by atoms with E-state index in [9.17, 15) is 9.59 Å². The maximum Gasteiger partial charge on any atom is 0.261 e. The summed E-state index contributed by atoms with van der Waals surface area (Å²) in [5.74, 6) is 0.541. The van der Waals surface area contributed by atoms with E-state index in [1.165, 1.54) is 0 Å². The molecule has 1 aromatic carbocycles. The Morgan fingerprint density at radius 3 is 2.62 bits per heavy atom. The molecule has 3 rings (SSSR count). The van der Waals surface area contributed by atoms with Crippen LogP contribution in [0.4, 0.5) is 0 Å². The Bertz CT molecular complexity index is 928. The maximum atomic E-state index is 12.4. The van der Waals surface area contributed by atoms with Crippen molar-refractivity contribution in [3.05, 3.63) is 93.3 Å². The minimum atomic E-state index is -0.365. The standard InChI is InChI=1S/C21H22N2O3/c1-14-13-18(21(25)23-15(14)2)20(24)22-11-10-17(19-9-6-12-26-19)16-7-4-3-5-8-16/h3-9,12-13,17H,10-11H2,1-2H3,(H,22,24)(H,23,25). The molecule has 1 unspecified atom stereocenters. The lowest BCUT2D eigenvalue weighted by atomic mass is 9.93. The van der Waals surface area contributed by atoms with Gasteiger partial charge in [0.15, 0.2) is 0 Å². The van der Waals surface area contributed by atoms with Crippen LogP contribution in [0.5, 0.6) is 0 Å². The zero-order chi connectivity index (χ0) is 18.5. The van der Waals surface area contributed by atoms with Gasteiger partial charge in [-0.3, -0.25) is 9.59 Å². The Morgan fingerprint density at radius 2 is 1.92 bits per heavy atom. The summed E-state index contributed by atoms with van der Waals surface area (Å²) in [6.45, 7) is 4.11. The van der Waals surface area contributed by atoms with E-state index in [0.29, 0.717) is 13.0 Å². The van der Waals surface area contributed by atoms with Crippen molar-refractivity contribution in [3.63, 3.8) is 0 Å². The summed E-state index contributed by atoms with van der Waals surface area (Å²) in [5, 5.41) is 2.85. The number of H-pyrrole nitrogens is 1. The molecule has 5 heteroatoms. The van der Waals surface area contributed by atoms with Gasteiger partial charge in [-0.1, -0.05) is 30.3 Å². The largest absolute Gasteiger partial charge is 0.469 e. The molecule has 0 spiro atoms. The molecule has 5 nitrogen and oxygen atoms in total. The Hall–Kier alpha value is -3.08. The molecule has 1 amide bonds. The van der Waals surface area contributed by atoms with Gasteiger partial charge in [0.1, 0.15) is 11.3 Å². The zero-order valence-electron chi connectivity index (χ0n) is 14.9. The summed E-state index contributed by atoms with van der Waals surface area (Å²) in [5.41, 5.74) is 2.56. The smallest absolute Gasteiger partial charge is 0.261 e. The van der Waals surface area contributed by atoms with Gasteiger partial charge in [0.2, 0.25) is 0 Å². The Labute approximate surface area is 152 Å². The quantitative estimate of drug-likeness (QED) is 0.714. The first-order valence-corrected chi connectivity index (χ1v) is 8.63. The summed E-state index contributed by atoms with van der Waals surface area (Å²) in [7, 11) is 0. The highest BCUT2D eigenvalue weighted by Gasteiger charge is 2.18. The molecular weight excluding hydrogens is 328 g/mol. The molecule has 0 bridgehead atoms. The zero-order valence-corrected chi connectivity index (χ0v) is 14.9. The van der Waals surface area contributed by atoms with Crippen molar-refractivity contribution in [1.82, 2.24) is 10.3 Å². The molecule has 0 aliphatic carbocycles. The number of aromatic amines is 1. The van der Waals surface area contributed by atoms with Crippen LogP contribution >= 0.6 is 0 Å². The molecule has 1 atom stereocenters. The molecule has 2 N–H and O–H groups in total. The molecule has 2 heterocycles. The summed E-state index contributed by atoms with van der Waals surface area (Å²) < 4.78 is 5.57. The summed E-state index contributed by atoms with van der Waals surface area (Å²) in [6, 6.07) is 15.5. The van der Waals surface area contributed by atoms with E-state index in [1.807, 2.05) is 56.3 Å². The van der Waals surface area contributed by atoms with Gasteiger partial charge in [0.05, 0.1) is 6.26 Å². The first-order chi connectivity index (χ1) is 12.6. The van der Waals surface area contributed by atoms with Gasteiger partial charge in [-0.05, 0) is 49.6 Å². The van der Waals surface area contributed by atoms with E-state index < -0.39 is 0 Å². The molecule has 3 aromatic rings. The van der Waals surface area contributed by atoms with Crippen molar-refractivity contribution in [3.8, 4) is 0 Å². The van der Waals surface area contributed by atoms with Crippen LogP contribution in [0.15, 0.2) is 64.0 Å². The van der Waals surface area contributed by atoms with Crippen molar-refractivity contribution < 1.29 is 9.21 Å². The average molecular weight is 350 g/mol. The van der Waals surface area contributed by atoms with Crippen LogP contribution in [-0.2, 0) is 0 Å². The molecule has 2 aromatic heterocycles. The fourth-order valence-corrected chi connectivity index (χ4v) is 2.97. The van der Waals surface area contributed by atoms with E-state index in [0.717, 1.165) is 22.6 Å². The highest BCUT2D eigenvalue weighted by Crippen LogP contribution is 2.27. The van der Waals surface area contributed by atoms with Crippen LogP contribution in [0.3, 0.4) is 0 Å². The fraction of sp³-hybridized carbons (Fsp3) is 0.238. The van der Waals surface area contributed by atoms with Gasteiger partial charge in [-0.2, -0.15) is 0 Å². The van der Waals surface area contributed by atoms with Gasteiger partial charge < -0.3 is 14.7 Å². The lowest BCUT2D eigenvalue weighted by Gasteiger charge is -2.15. The number of amides is 1. The van der Waals surface area contributed by atoms with Crippen molar-refractivity contribution in [2.45, 2.75) is 26.2 Å². The number of nitrogens with one attached hydrogen (secondary N) is 2. The number of aryl methyl sites for hydroxylation is 2. The SMILES string of the molecule is Cc1cc(C(=O)NCCC(c2ccccc2)c2ccco2)c(=O)[nH]c1C. The normalized spacial score (nSPS) is 11.9. The minimum absolute atomic E-state index is 0.0459. The number of rotatable bonds is 6. The van der Waals surface area contributed by atoms with E-state index in [1.54, 1.807) is 12.3 Å². The Balaban J connectivity index is 1.70. The summed E-state index contributed by atoms with van der Waals surface area (Å²) in [6.07, 6.45) is 2.32. The second-order valence-electron chi connectivity index (χ2n) is 6.34. The predicted octanol–water partition coefficient (Wildman–Crippen LogP) is 3.54. The molecule has 134 valence electrons. The van der Waals surface area contributed by atoms with Crippen LogP contribution in [0.1, 0.15) is 45.3 Å². The predicted molar refractivity (Wildman–Crippen MR) is 100 cm³/mol. The third kappa shape index (κ3) is 3.94. The lowest BCUT2D eigenvalue weighted by molar-refractivity contribution is 0.0951. The van der Waals surface area contributed by atoms with Gasteiger partial charge in [0.25, 0.3) is 11.5 Å². The van der Waals surface area contributed by atoms with Crippen LogP contribution in [-0.4, -0.2) is 17.4 Å². The van der Waals surface area contributed by atoms with Gasteiger partial charge in [0, 0.05) is 18.2 Å². The number of carbonyl (C=O) groups excluding carboxylic acids is 1. The van der Waals surface area contributed by atoms with Crippen LogP contribution in [0.2, 0.25) is 0 Å². The lowest BCUT2D eigenvalue weighted by Crippen LogP contribution is -2.31. The molecule has 0 saturated heterocycles. The van der Waals surface area contributed by atoms with E-state index in [2.05, 4.69) is 10.3 Å². The van der Waals surface area contributed by atoms with Gasteiger partial charge in [-0.25, -0.2) is 0 Å². The summed E-state index contributed by atoms with van der Waals surface area (Å²) >= 11 is 0. The van der Waals surface area contributed by atoms with E-state index in [4.69, 9.17) is 4.42 Å². The topological polar surface area (TPSA) is 75.1 Å². The average Bonchev–Trinajstić information content (AvgIpc) is 3.16. The second kappa shape index (κ2) is 7.87. The molecule has 26 heavy (non-hydrogen) atoms. The molecule has 0 fully saturated rings. The number of furan rings is 1. The summed E-state index contributed by atoms with van der Waals surface area (Å²) in [4.78, 5) is 27.1. The number of pyridine rings is 1. The Morgan fingerprint density at radius 1 is 1.15 bits per heavy atom. The second-order valence-corrected chi connectivity index (χ2v) is 6.34. The molecular formula is C21H22N2O3. The maximum absolute atomic E-state index is 12.4. The van der Waals surface area contributed by atoms with Crippen molar-refractivity contribution in [1.29, 1.82) is 0 Å². The first-order valence-electron chi connectivity index (χ1n) is 8.63. The number of hydrogen-bond acceptors (Lipinski definition) is 3. The van der Waals surface area contributed by atoms with Crippen molar-refractivity contribution >= 4 is 5.91 Å². The highest BCUT2D eigenvalue weighted by atomic mass is 16.3. The monoisotopic (exact) mass is 350 g/mol. The van der Waals surface area contributed by atoms with Gasteiger partial charge in [-0.15, -0.1) is 0 Å². The number of benzene rings is 1. The number of carbonyl (C=O) groups is 1. The Kier molecular flexibility index (Phi) is 5.37. The van der Waals surface area contributed by atoms with E-state index in [-0.39, 0.29) is 22.9 Å². The van der Waals surface area contributed by atoms with Crippen LogP contribution in [0, 0.1) is 13.8 Å². The third-order valence-corrected chi connectivity index (χ3v) is 4.55. The molecule has 0 saturated carbocycles. The first kappa shape index (κ1) is 17.7. The van der Waals surface area contributed by atoms with Crippen LogP contribution < -0.4 is 10.9 Å². The fourth-order valence-electron chi connectivity index (χ4n) is 2.97. The molecule has 0 radical (unpaired) electrons. The van der Waals surface area contributed by atoms with Crippen LogP contribution in [0.25, 0.3) is 0 Å². The number of aromatic nitrogens is 1.